The monoisotopic (exact) mass is 400 g/mol. The maximum absolute atomic E-state index is 12.7. The highest BCUT2D eigenvalue weighted by Gasteiger charge is 2.34. The van der Waals surface area contributed by atoms with Gasteiger partial charge in [-0.15, -0.1) is 0 Å². The van der Waals surface area contributed by atoms with Crippen molar-refractivity contribution in [2.75, 3.05) is 37.6 Å². The second-order valence-electron chi connectivity index (χ2n) is 8.00. The van der Waals surface area contributed by atoms with E-state index in [1.807, 2.05) is 4.90 Å². The van der Waals surface area contributed by atoms with Crippen LogP contribution in [0.5, 0.6) is 0 Å². The van der Waals surface area contributed by atoms with Crippen LogP contribution in [0.3, 0.4) is 0 Å². The van der Waals surface area contributed by atoms with E-state index in [4.69, 9.17) is 0 Å². The molecule has 3 heterocycles. The van der Waals surface area contributed by atoms with Crippen molar-refractivity contribution in [1.29, 1.82) is 0 Å². The Balaban J connectivity index is 1.44. The molecule has 28 heavy (non-hydrogen) atoms. The third-order valence-corrected chi connectivity index (χ3v) is 5.97. The lowest BCUT2D eigenvalue weighted by Gasteiger charge is -2.32. The first-order chi connectivity index (χ1) is 13.4. The molecule has 2 aliphatic rings. The molecule has 0 bridgehead atoms. The van der Waals surface area contributed by atoms with Gasteiger partial charge in [0.15, 0.2) is 0 Å². The first-order valence-electron chi connectivity index (χ1n) is 10.3. The Kier molecular flexibility index (Phi) is 6.80. The summed E-state index contributed by atoms with van der Waals surface area (Å²) in [6.45, 7) is 7.00. The number of alkyl halides is 3. The maximum Gasteiger partial charge on any atom is 0.419 e. The second kappa shape index (κ2) is 9.11. The molecule has 0 aliphatic carbocycles. The topological polar surface area (TPSA) is 50.9 Å². The Bertz CT molecular complexity index is 634. The molecule has 156 valence electrons. The highest BCUT2D eigenvalue weighted by Crippen LogP contribution is 2.29. The molecule has 8 heteroatoms. The van der Waals surface area contributed by atoms with E-state index in [0.717, 1.165) is 51.0 Å². The van der Waals surface area contributed by atoms with Gasteiger partial charge in [-0.25, -0.2) is 4.98 Å². The van der Waals surface area contributed by atoms with Gasteiger partial charge in [0.2, 0.25) is 5.91 Å². The summed E-state index contributed by atoms with van der Waals surface area (Å²) in [4.78, 5) is 19.0. The van der Waals surface area contributed by atoms with Gasteiger partial charge in [0.1, 0.15) is 6.20 Å². The third-order valence-electron chi connectivity index (χ3n) is 5.97. The highest BCUT2D eigenvalue weighted by atomic mass is 19.4. The molecule has 2 saturated heterocycles. The molecular formula is C20H31F3N4O+2. The van der Waals surface area contributed by atoms with Crippen molar-refractivity contribution in [2.24, 2.45) is 5.92 Å². The zero-order chi connectivity index (χ0) is 20.1. The van der Waals surface area contributed by atoms with Crippen LogP contribution in [0.25, 0.3) is 0 Å². The lowest BCUT2D eigenvalue weighted by atomic mass is 9.94. The van der Waals surface area contributed by atoms with E-state index >= 15 is 0 Å². The number of amides is 1. The molecule has 0 radical (unpaired) electrons. The van der Waals surface area contributed by atoms with Gasteiger partial charge in [-0.05, 0) is 25.3 Å². The van der Waals surface area contributed by atoms with Gasteiger partial charge in [-0.2, -0.15) is 13.2 Å². The Hall–Kier alpha value is -1.83. The highest BCUT2D eigenvalue weighted by molar-refractivity contribution is 5.79. The number of likely N-dealkylation sites (tertiary alicyclic amines) is 1. The first-order valence-corrected chi connectivity index (χ1v) is 10.3. The molecule has 1 aromatic heterocycles. The fourth-order valence-corrected chi connectivity index (χ4v) is 4.27. The number of quaternary nitrogens is 1. The van der Waals surface area contributed by atoms with Gasteiger partial charge < -0.3 is 10.2 Å². The lowest BCUT2D eigenvalue weighted by Crippen LogP contribution is -3.13. The van der Waals surface area contributed by atoms with E-state index in [1.54, 1.807) is 4.90 Å². The Morgan fingerprint density at radius 3 is 2.43 bits per heavy atom. The molecule has 5 nitrogen and oxygen atoms in total. The van der Waals surface area contributed by atoms with Gasteiger partial charge in [0.25, 0.3) is 5.82 Å². The molecular weight excluding hydrogens is 369 g/mol. The largest absolute Gasteiger partial charge is 0.419 e. The van der Waals surface area contributed by atoms with Gasteiger partial charge in [-0.3, -0.25) is 9.69 Å². The fourth-order valence-electron chi connectivity index (χ4n) is 4.27. The Labute approximate surface area is 164 Å². The number of nitrogens with zero attached hydrogens (tertiary/aromatic N) is 1. The standard InChI is InChI=1S/C20H29F3N4O/c1-2-9-26-10-7-17(8-11-26)25-19(28)15-5-12-27(13-6-15)18-4-3-16(14-24-18)20(21,22)23/h3-4,14-15,17H,2,5-13H2,1H3,(H,25,28)/p+2. The molecule has 0 atom stereocenters. The summed E-state index contributed by atoms with van der Waals surface area (Å²) in [5.74, 6) is 0.796. The SMILES string of the molecule is CCC[NH+]1CCC(NC(=O)C2CCN(c3ccc(C(F)(F)F)c[nH+]3)CC2)CC1. The molecule has 3 rings (SSSR count). The van der Waals surface area contributed by atoms with Crippen LogP contribution in [0.4, 0.5) is 19.0 Å². The number of rotatable bonds is 5. The number of H-pyrrole nitrogens is 1. The number of pyridine rings is 1. The molecule has 0 aromatic carbocycles. The Morgan fingerprint density at radius 1 is 1.21 bits per heavy atom. The van der Waals surface area contributed by atoms with Crippen molar-refractivity contribution in [2.45, 2.75) is 51.2 Å². The molecule has 2 fully saturated rings. The maximum atomic E-state index is 12.7. The van der Waals surface area contributed by atoms with E-state index in [-0.39, 0.29) is 17.9 Å². The molecule has 0 spiro atoms. The predicted octanol–water partition coefficient (Wildman–Crippen LogP) is 1.31. The number of halogens is 3. The summed E-state index contributed by atoms with van der Waals surface area (Å²) in [5.41, 5.74) is -0.683. The van der Waals surface area contributed by atoms with E-state index in [0.29, 0.717) is 18.9 Å². The number of aromatic amines is 1. The summed E-state index contributed by atoms with van der Waals surface area (Å²) in [7, 11) is 0. The van der Waals surface area contributed by atoms with Gasteiger partial charge >= 0.3 is 6.18 Å². The second-order valence-corrected chi connectivity index (χ2v) is 8.00. The number of nitrogens with one attached hydrogen (secondary N) is 3. The molecule has 2 aliphatic heterocycles. The quantitative estimate of drug-likeness (QED) is 0.783. The van der Waals surface area contributed by atoms with Crippen LogP contribution in [-0.4, -0.2) is 44.7 Å². The van der Waals surface area contributed by atoms with Crippen LogP contribution < -0.4 is 20.1 Å². The average Bonchev–Trinajstić information content (AvgIpc) is 2.69. The number of piperidine rings is 2. The summed E-state index contributed by atoms with van der Waals surface area (Å²) in [6, 6.07) is 2.85. The van der Waals surface area contributed by atoms with E-state index in [2.05, 4.69) is 17.2 Å². The summed E-state index contributed by atoms with van der Waals surface area (Å²) in [5, 5.41) is 3.23. The number of carbonyl (C=O) groups excluding carboxylic acids is 1. The number of anilines is 1. The van der Waals surface area contributed by atoms with Gasteiger partial charge in [0.05, 0.1) is 38.3 Å². The summed E-state index contributed by atoms with van der Waals surface area (Å²) >= 11 is 0. The molecule has 1 aromatic rings. The van der Waals surface area contributed by atoms with E-state index in [1.165, 1.54) is 19.0 Å². The number of hydrogen-bond acceptors (Lipinski definition) is 2. The molecule has 1 amide bonds. The van der Waals surface area contributed by atoms with Crippen molar-refractivity contribution in [3.63, 3.8) is 0 Å². The average molecular weight is 400 g/mol. The number of aromatic nitrogens is 1. The van der Waals surface area contributed by atoms with E-state index < -0.39 is 11.7 Å². The normalized spacial score (nSPS) is 24.2. The minimum Gasteiger partial charge on any atom is -0.353 e. The van der Waals surface area contributed by atoms with Gasteiger partial charge in [-0.1, -0.05) is 6.92 Å². The minimum absolute atomic E-state index is 0.00767. The van der Waals surface area contributed by atoms with Crippen LogP contribution in [0, 0.1) is 5.92 Å². The molecule has 0 saturated carbocycles. The lowest BCUT2D eigenvalue weighted by molar-refractivity contribution is -0.905. The minimum atomic E-state index is -4.34. The number of hydrogen-bond donors (Lipinski definition) is 2. The van der Waals surface area contributed by atoms with Crippen LogP contribution in [-0.2, 0) is 11.0 Å². The summed E-state index contributed by atoms with van der Waals surface area (Å²) in [6.07, 6.45) is 1.39. The van der Waals surface area contributed by atoms with Crippen LogP contribution in [0.2, 0.25) is 0 Å². The van der Waals surface area contributed by atoms with Crippen molar-refractivity contribution >= 4 is 11.7 Å². The van der Waals surface area contributed by atoms with Crippen molar-refractivity contribution in [3.05, 3.63) is 23.9 Å². The van der Waals surface area contributed by atoms with Crippen LogP contribution in [0.15, 0.2) is 18.3 Å². The summed E-state index contributed by atoms with van der Waals surface area (Å²) < 4.78 is 38.0. The number of carbonyl (C=O) groups is 1. The van der Waals surface area contributed by atoms with Crippen LogP contribution in [0.1, 0.15) is 44.6 Å². The predicted molar refractivity (Wildman–Crippen MR) is 100.0 cm³/mol. The zero-order valence-corrected chi connectivity index (χ0v) is 16.4. The Morgan fingerprint density at radius 2 is 1.89 bits per heavy atom. The van der Waals surface area contributed by atoms with Crippen molar-refractivity contribution in [3.8, 4) is 0 Å². The smallest absolute Gasteiger partial charge is 0.353 e. The first kappa shape index (κ1) is 20.9. The van der Waals surface area contributed by atoms with Crippen molar-refractivity contribution in [1.82, 2.24) is 5.32 Å². The third kappa shape index (κ3) is 5.37. The van der Waals surface area contributed by atoms with E-state index in [9.17, 15) is 18.0 Å². The van der Waals surface area contributed by atoms with Crippen molar-refractivity contribution < 1.29 is 27.8 Å². The molecule has 3 N–H and O–H groups in total. The van der Waals surface area contributed by atoms with Gasteiger partial charge in [0, 0.05) is 30.9 Å². The fraction of sp³-hybridized carbons (Fsp3) is 0.700. The van der Waals surface area contributed by atoms with Crippen LogP contribution >= 0.6 is 0 Å². The zero-order valence-electron chi connectivity index (χ0n) is 16.4. The molecule has 0 unspecified atom stereocenters.